The number of carbonyl (C=O) groups is 2. The maximum Gasteiger partial charge on any atom is 0.308 e. The van der Waals surface area contributed by atoms with E-state index in [1.807, 2.05) is 6.08 Å². The van der Waals surface area contributed by atoms with Gasteiger partial charge in [0, 0.05) is 5.57 Å². The minimum Gasteiger partial charge on any atom is -0.469 e. The van der Waals surface area contributed by atoms with Gasteiger partial charge >= 0.3 is 5.97 Å². The summed E-state index contributed by atoms with van der Waals surface area (Å²) in [6.45, 7) is 0. The summed E-state index contributed by atoms with van der Waals surface area (Å²) in [5, 5.41) is 0. The third kappa shape index (κ3) is 3.94. The van der Waals surface area contributed by atoms with Crippen LogP contribution in [0.25, 0.3) is 0 Å². The van der Waals surface area contributed by atoms with Gasteiger partial charge in [-0.25, -0.2) is 0 Å². The van der Waals surface area contributed by atoms with Gasteiger partial charge in [-0.15, -0.1) is 0 Å². The lowest BCUT2D eigenvalue weighted by molar-refractivity contribution is -0.146. The van der Waals surface area contributed by atoms with Crippen LogP contribution in [0.1, 0.15) is 51.4 Å². The topological polar surface area (TPSA) is 43.4 Å². The van der Waals surface area contributed by atoms with Crippen molar-refractivity contribution in [2.45, 2.75) is 51.4 Å². The summed E-state index contributed by atoms with van der Waals surface area (Å²) in [6.07, 6.45) is 16.5. The Morgan fingerprint density at radius 3 is 2.48 bits per heavy atom. The van der Waals surface area contributed by atoms with Crippen molar-refractivity contribution in [1.82, 2.24) is 0 Å². The van der Waals surface area contributed by atoms with E-state index in [4.69, 9.17) is 4.74 Å². The Morgan fingerprint density at radius 2 is 1.91 bits per heavy atom. The monoisotopic (exact) mass is 316 g/mol. The van der Waals surface area contributed by atoms with Gasteiger partial charge in [-0.2, -0.15) is 0 Å². The zero-order valence-electron chi connectivity index (χ0n) is 14.1. The number of aldehydes is 1. The molecule has 0 aromatic carbocycles. The van der Waals surface area contributed by atoms with E-state index in [1.165, 1.54) is 26.4 Å². The summed E-state index contributed by atoms with van der Waals surface area (Å²) in [5.41, 5.74) is 0.832. The largest absolute Gasteiger partial charge is 0.469 e. The molecule has 3 nitrogen and oxygen atoms in total. The van der Waals surface area contributed by atoms with Crippen molar-refractivity contribution < 1.29 is 14.3 Å². The number of ether oxygens (including phenoxy) is 1. The van der Waals surface area contributed by atoms with Gasteiger partial charge in [0.1, 0.15) is 6.29 Å². The minimum absolute atomic E-state index is 0.0159. The molecule has 23 heavy (non-hydrogen) atoms. The molecule has 126 valence electrons. The number of methoxy groups -OCH3 is 1. The molecule has 3 atom stereocenters. The van der Waals surface area contributed by atoms with Crippen LogP contribution in [0.4, 0.5) is 0 Å². The lowest BCUT2D eigenvalue weighted by Gasteiger charge is -2.24. The van der Waals surface area contributed by atoms with Crippen molar-refractivity contribution in [3.05, 3.63) is 23.8 Å². The Labute approximate surface area is 139 Å². The number of rotatable bonds is 4. The number of hydrogen-bond acceptors (Lipinski definition) is 3. The van der Waals surface area contributed by atoms with Gasteiger partial charge in [-0.1, -0.05) is 43.9 Å². The van der Waals surface area contributed by atoms with Crippen molar-refractivity contribution in [2.75, 3.05) is 7.11 Å². The second-order valence-corrected chi connectivity index (χ2v) is 7.49. The average molecular weight is 316 g/mol. The first kappa shape index (κ1) is 16.5. The molecule has 3 aliphatic rings. The standard InChI is InChI=1S/C20H28O3/c1-23-20(22)17-6-2-4-15(5-3-7-17)18-12-19(18)16-10-8-14(13-21)9-11-16/h8-10,13,15-19H,2-7,11-12H2,1H3/t15?,16-,17?,18?,19?/m0/s1. The summed E-state index contributed by atoms with van der Waals surface area (Å²) < 4.78 is 4.91. The van der Waals surface area contributed by atoms with E-state index in [2.05, 4.69) is 12.2 Å². The van der Waals surface area contributed by atoms with E-state index < -0.39 is 0 Å². The molecule has 0 aliphatic heterocycles. The molecule has 0 radical (unpaired) electrons. The van der Waals surface area contributed by atoms with Gasteiger partial charge in [-0.3, -0.25) is 9.59 Å². The molecule has 0 aromatic heterocycles. The predicted octanol–water partition coefficient (Wildman–Crippen LogP) is 4.08. The molecule has 0 bridgehead atoms. The Balaban J connectivity index is 1.47. The Morgan fingerprint density at radius 1 is 1.17 bits per heavy atom. The van der Waals surface area contributed by atoms with E-state index in [1.54, 1.807) is 0 Å². The molecule has 3 heteroatoms. The molecule has 3 rings (SSSR count). The van der Waals surface area contributed by atoms with Crippen LogP contribution in [0, 0.1) is 29.6 Å². The molecule has 2 saturated carbocycles. The van der Waals surface area contributed by atoms with Crippen molar-refractivity contribution in [3.63, 3.8) is 0 Å². The first-order chi connectivity index (χ1) is 11.2. The zero-order chi connectivity index (χ0) is 16.2. The van der Waals surface area contributed by atoms with Crippen molar-refractivity contribution in [3.8, 4) is 0 Å². The van der Waals surface area contributed by atoms with E-state index in [9.17, 15) is 9.59 Å². The van der Waals surface area contributed by atoms with Gasteiger partial charge in [-0.05, 0) is 49.4 Å². The maximum atomic E-state index is 11.7. The fourth-order valence-electron chi connectivity index (χ4n) is 4.70. The predicted molar refractivity (Wildman–Crippen MR) is 89.7 cm³/mol. The smallest absolute Gasteiger partial charge is 0.308 e. The second-order valence-electron chi connectivity index (χ2n) is 7.49. The quantitative estimate of drug-likeness (QED) is 0.580. The summed E-state index contributed by atoms with van der Waals surface area (Å²) in [6, 6.07) is 0. The first-order valence-corrected chi connectivity index (χ1v) is 9.14. The highest BCUT2D eigenvalue weighted by atomic mass is 16.5. The molecule has 0 aromatic rings. The highest BCUT2D eigenvalue weighted by molar-refractivity contribution is 5.77. The Bertz CT molecular complexity index is 495. The van der Waals surface area contributed by atoms with E-state index in [-0.39, 0.29) is 11.9 Å². The lowest BCUT2D eigenvalue weighted by atomic mass is 9.81. The number of allylic oxidation sites excluding steroid dienone is 4. The molecule has 0 amide bonds. The highest BCUT2D eigenvalue weighted by Crippen LogP contribution is 2.54. The van der Waals surface area contributed by atoms with Crippen molar-refractivity contribution in [2.24, 2.45) is 29.6 Å². The summed E-state index contributed by atoms with van der Waals surface area (Å²) >= 11 is 0. The van der Waals surface area contributed by atoms with Crippen LogP contribution >= 0.6 is 0 Å². The van der Waals surface area contributed by atoms with Crippen LogP contribution in [0.15, 0.2) is 23.8 Å². The van der Waals surface area contributed by atoms with Crippen molar-refractivity contribution in [1.29, 1.82) is 0 Å². The van der Waals surface area contributed by atoms with Gasteiger partial charge in [0.05, 0.1) is 13.0 Å². The fraction of sp³-hybridized carbons (Fsp3) is 0.700. The van der Waals surface area contributed by atoms with Crippen LogP contribution < -0.4 is 0 Å². The average Bonchev–Trinajstić information content (AvgIpc) is 3.35. The van der Waals surface area contributed by atoms with Crippen LogP contribution in [0.3, 0.4) is 0 Å². The summed E-state index contributed by atoms with van der Waals surface area (Å²) in [4.78, 5) is 22.5. The first-order valence-electron chi connectivity index (χ1n) is 9.14. The molecule has 0 N–H and O–H groups in total. The number of esters is 1. The van der Waals surface area contributed by atoms with Crippen LogP contribution in [-0.2, 0) is 14.3 Å². The number of hydrogen-bond donors (Lipinski definition) is 0. The van der Waals surface area contributed by atoms with Gasteiger partial charge in [0.2, 0.25) is 0 Å². The minimum atomic E-state index is -0.0159. The molecule has 3 aliphatic carbocycles. The molecular formula is C20H28O3. The van der Waals surface area contributed by atoms with Crippen molar-refractivity contribution >= 4 is 12.3 Å². The Hall–Kier alpha value is -1.38. The lowest BCUT2D eigenvalue weighted by Crippen LogP contribution is -2.20. The van der Waals surface area contributed by atoms with Crippen LogP contribution in [-0.4, -0.2) is 19.4 Å². The molecule has 2 unspecified atom stereocenters. The fourth-order valence-corrected chi connectivity index (χ4v) is 4.70. The van der Waals surface area contributed by atoms with Crippen LogP contribution in [0.5, 0.6) is 0 Å². The van der Waals surface area contributed by atoms with Gasteiger partial charge in [0.25, 0.3) is 0 Å². The van der Waals surface area contributed by atoms with Crippen LogP contribution in [0.2, 0.25) is 0 Å². The zero-order valence-corrected chi connectivity index (χ0v) is 14.1. The van der Waals surface area contributed by atoms with E-state index >= 15 is 0 Å². The second kappa shape index (κ2) is 7.46. The molecule has 2 fully saturated rings. The number of carbonyl (C=O) groups excluding carboxylic acids is 2. The molecule has 0 spiro atoms. The van der Waals surface area contributed by atoms with Gasteiger partial charge in [0.15, 0.2) is 0 Å². The molecule has 0 saturated heterocycles. The summed E-state index contributed by atoms with van der Waals surface area (Å²) in [7, 11) is 1.50. The SMILES string of the molecule is COC(=O)C1CCCC(C2CC2[C@H]2C=CC(C=O)=CC2)CCC1. The third-order valence-corrected chi connectivity index (χ3v) is 6.13. The normalized spacial score (nSPS) is 37.3. The molecular weight excluding hydrogens is 288 g/mol. The summed E-state index contributed by atoms with van der Waals surface area (Å²) in [5.74, 6) is 3.27. The van der Waals surface area contributed by atoms with E-state index in [0.29, 0.717) is 5.92 Å². The highest BCUT2D eigenvalue weighted by Gasteiger charge is 2.46. The molecule has 0 heterocycles. The van der Waals surface area contributed by atoms with Gasteiger partial charge < -0.3 is 4.74 Å². The van der Waals surface area contributed by atoms with E-state index in [0.717, 1.165) is 61.7 Å². The maximum absolute atomic E-state index is 11.7. The third-order valence-electron chi connectivity index (χ3n) is 6.13. The Kier molecular flexibility index (Phi) is 5.34.